The number of carbonyl (C=O) groups is 1. The maximum atomic E-state index is 12.5. The Labute approximate surface area is 103 Å². The molecule has 3 fully saturated rings. The Bertz CT molecular complexity index is 294. The third-order valence-electron chi connectivity index (χ3n) is 4.34. The number of ether oxygens (including phenoxy) is 1. The summed E-state index contributed by atoms with van der Waals surface area (Å²) in [6, 6.07) is 0.934. The van der Waals surface area contributed by atoms with Gasteiger partial charge in [-0.25, -0.2) is 0 Å². The van der Waals surface area contributed by atoms with Gasteiger partial charge in [0.05, 0.1) is 12.0 Å². The highest BCUT2D eigenvalue weighted by atomic mass is 16.5. The summed E-state index contributed by atoms with van der Waals surface area (Å²) in [7, 11) is 0. The second kappa shape index (κ2) is 4.58. The van der Waals surface area contributed by atoms with Crippen molar-refractivity contribution in [2.75, 3.05) is 19.7 Å². The van der Waals surface area contributed by atoms with Crippen LogP contribution in [0.5, 0.6) is 0 Å². The second-order valence-corrected chi connectivity index (χ2v) is 5.46. The molecule has 0 aromatic heterocycles. The molecule has 3 rings (SSSR count). The SMILES string of the molecule is CCOC1CC1C(=O)N1C2CCNCC1CC2. The number of carbonyl (C=O) groups excluding carboxylic acids is 1. The monoisotopic (exact) mass is 238 g/mol. The van der Waals surface area contributed by atoms with Crippen molar-refractivity contribution in [1.29, 1.82) is 0 Å². The first kappa shape index (κ1) is 11.5. The third kappa shape index (κ3) is 2.08. The Morgan fingerprint density at radius 2 is 2.18 bits per heavy atom. The topological polar surface area (TPSA) is 41.6 Å². The molecule has 4 atom stereocenters. The molecule has 4 nitrogen and oxygen atoms in total. The van der Waals surface area contributed by atoms with Crippen LogP contribution in [0.25, 0.3) is 0 Å². The first-order valence-corrected chi connectivity index (χ1v) is 6.95. The van der Waals surface area contributed by atoms with Crippen molar-refractivity contribution in [2.45, 2.75) is 50.8 Å². The molecule has 1 amide bonds. The molecule has 1 aliphatic carbocycles. The van der Waals surface area contributed by atoms with Gasteiger partial charge in [0, 0.05) is 25.2 Å². The Morgan fingerprint density at radius 1 is 1.35 bits per heavy atom. The van der Waals surface area contributed by atoms with Crippen molar-refractivity contribution < 1.29 is 9.53 Å². The van der Waals surface area contributed by atoms with Crippen LogP contribution in [0.3, 0.4) is 0 Å². The minimum atomic E-state index is 0.163. The van der Waals surface area contributed by atoms with Crippen LogP contribution < -0.4 is 5.32 Å². The molecule has 4 unspecified atom stereocenters. The van der Waals surface area contributed by atoms with E-state index in [0.717, 1.165) is 32.5 Å². The molecular weight excluding hydrogens is 216 g/mol. The van der Waals surface area contributed by atoms with Crippen LogP contribution in [-0.2, 0) is 9.53 Å². The molecule has 0 aromatic carbocycles. The van der Waals surface area contributed by atoms with Crippen molar-refractivity contribution in [2.24, 2.45) is 5.92 Å². The van der Waals surface area contributed by atoms with Gasteiger partial charge in [0.15, 0.2) is 0 Å². The van der Waals surface area contributed by atoms with Crippen molar-refractivity contribution in [1.82, 2.24) is 10.2 Å². The molecule has 0 radical (unpaired) electrons. The number of hydrogen-bond acceptors (Lipinski definition) is 3. The van der Waals surface area contributed by atoms with Crippen LogP contribution in [0.15, 0.2) is 0 Å². The lowest BCUT2D eigenvalue weighted by atomic mass is 10.1. The molecular formula is C13H22N2O2. The van der Waals surface area contributed by atoms with Gasteiger partial charge in [0.25, 0.3) is 0 Å². The summed E-state index contributed by atoms with van der Waals surface area (Å²) in [6.07, 6.45) is 4.65. The van der Waals surface area contributed by atoms with E-state index < -0.39 is 0 Å². The van der Waals surface area contributed by atoms with Crippen LogP contribution in [0, 0.1) is 5.92 Å². The molecule has 2 aliphatic heterocycles. The Kier molecular flexibility index (Phi) is 3.09. The zero-order valence-electron chi connectivity index (χ0n) is 10.5. The van der Waals surface area contributed by atoms with E-state index in [1.807, 2.05) is 6.92 Å². The summed E-state index contributed by atoms with van der Waals surface area (Å²) in [5.74, 6) is 0.524. The van der Waals surface area contributed by atoms with Gasteiger partial charge in [-0.15, -0.1) is 0 Å². The molecule has 96 valence electrons. The normalized spacial score (nSPS) is 40.2. The van der Waals surface area contributed by atoms with Gasteiger partial charge in [-0.05, 0) is 39.2 Å². The number of hydrogen-bond donors (Lipinski definition) is 1. The lowest BCUT2D eigenvalue weighted by molar-refractivity contribution is -0.136. The molecule has 2 bridgehead atoms. The van der Waals surface area contributed by atoms with E-state index in [2.05, 4.69) is 10.2 Å². The average molecular weight is 238 g/mol. The maximum Gasteiger partial charge on any atom is 0.228 e. The molecule has 4 heteroatoms. The van der Waals surface area contributed by atoms with E-state index in [9.17, 15) is 4.79 Å². The van der Waals surface area contributed by atoms with Crippen LogP contribution in [0.4, 0.5) is 0 Å². The highest BCUT2D eigenvalue weighted by Crippen LogP contribution is 2.39. The van der Waals surface area contributed by atoms with Crippen molar-refractivity contribution >= 4 is 5.91 Å². The van der Waals surface area contributed by atoms with Crippen molar-refractivity contribution in [3.05, 3.63) is 0 Å². The van der Waals surface area contributed by atoms with Gasteiger partial charge in [-0.3, -0.25) is 4.79 Å². The first-order chi connectivity index (χ1) is 8.31. The lowest BCUT2D eigenvalue weighted by Gasteiger charge is -2.28. The van der Waals surface area contributed by atoms with Crippen molar-refractivity contribution in [3.8, 4) is 0 Å². The Morgan fingerprint density at radius 3 is 3.00 bits per heavy atom. The largest absolute Gasteiger partial charge is 0.378 e. The predicted molar refractivity (Wildman–Crippen MR) is 64.7 cm³/mol. The fraction of sp³-hybridized carbons (Fsp3) is 0.923. The number of nitrogens with zero attached hydrogens (tertiary/aromatic N) is 1. The number of rotatable bonds is 3. The molecule has 2 saturated heterocycles. The zero-order chi connectivity index (χ0) is 11.8. The van der Waals surface area contributed by atoms with Gasteiger partial charge >= 0.3 is 0 Å². The summed E-state index contributed by atoms with van der Waals surface area (Å²) < 4.78 is 5.54. The van der Waals surface area contributed by atoms with Gasteiger partial charge in [-0.2, -0.15) is 0 Å². The minimum absolute atomic E-state index is 0.163. The summed E-state index contributed by atoms with van der Waals surface area (Å²) in [5, 5.41) is 3.43. The average Bonchev–Trinajstić information content (AvgIpc) is 2.97. The molecule has 17 heavy (non-hydrogen) atoms. The highest BCUT2D eigenvalue weighted by molar-refractivity contribution is 5.83. The molecule has 2 heterocycles. The summed E-state index contributed by atoms with van der Waals surface area (Å²) >= 11 is 0. The quantitative estimate of drug-likeness (QED) is 0.789. The fourth-order valence-corrected chi connectivity index (χ4v) is 3.36. The molecule has 1 saturated carbocycles. The molecule has 3 aliphatic rings. The number of fused-ring (bicyclic) bond motifs is 2. The van der Waals surface area contributed by atoms with Crippen LogP contribution >= 0.6 is 0 Å². The van der Waals surface area contributed by atoms with Gasteiger partial charge in [0.1, 0.15) is 0 Å². The highest BCUT2D eigenvalue weighted by Gasteiger charge is 2.50. The molecule has 0 aromatic rings. The van der Waals surface area contributed by atoms with E-state index in [4.69, 9.17) is 4.74 Å². The lowest BCUT2D eigenvalue weighted by Crippen LogP contribution is -2.43. The molecule has 1 N–H and O–H groups in total. The minimum Gasteiger partial charge on any atom is -0.378 e. The standard InChI is InChI=1S/C13H22N2O2/c1-2-17-12-7-11(12)13(16)15-9-3-4-10(15)8-14-6-5-9/h9-12,14H,2-8H2,1H3. The van der Waals surface area contributed by atoms with Crippen LogP contribution in [0.1, 0.15) is 32.6 Å². The third-order valence-corrected chi connectivity index (χ3v) is 4.34. The second-order valence-electron chi connectivity index (χ2n) is 5.46. The van der Waals surface area contributed by atoms with E-state index in [-0.39, 0.29) is 12.0 Å². The van der Waals surface area contributed by atoms with Crippen LogP contribution in [-0.4, -0.2) is 48.7 Å². The Balaban J connectivity index is 1.65. The zero-order valence-corrected chi connectivity index (χ0v) is 10.5. The summed E-state index contributed by atoms with van der Waals surface area (Å²) in [4.78, 5) is 14.7. The number of nitrogens with one attached hydrogen (secondary N) is 1. The van der Waals surface area contributed by atoms with E-state index in [0.29, 0.717) is 18.0 Å². The smallest absolute Gasteiger partial charge is 0.228 e. The number of amides is 1. The summed E-state index contributed by atoms with van der Waals surface area (Å²) in [5.41, 5.74) is 0. The molecule has 0 spiro atoms. The van der Waals surface area contributed by atoms with E-state index >= 15 is 0 Å². The van der Waals surface area contributed by atoms with Gasteiger partial charge in [0.2, 0.25) is 5.91 Å². The summed E-state index contributed by atoms with van der Waals surface area (Å²) in [6.45, 7) is 4.76. The van der Waals surface area contributed by atoms with E-state index in [1.54, 1.807) is 0 Å². The van der Waals surface area contributed by atoms with Crippen molar-refractivity contribution in [3.63, 3.8) is 0 Å². The Hall–Kier alpha value is -0.610. The first-order valence-electron chi connectivity index (χ1n) is 6.95. The predicted octanol–water partition coefficient (Wildman–Crippen LogP) is 0.764. The maximum absolute atomic E-state index is 12.5. The fourth-order valence-electron chi connectivity index (χ4n) is 3.36. The van der Waals surface area contributed by atoms with Gasteiger partial charge < -0.3 is 15.0 Å². The van der Waals surface area contributed by atoms with Gasteiger partial charge in [-0.1, -0.05) is 0 Å². The van der Waals surface area contributed by atoms with Crippen LogP contribution in [0.2, 0.25) is 0 Å². The van der Waals surface area contributed by atoms with E-state index in [1.165, 1.54) is 12.8 Å².